The summed E-state index contributed by atoms with van der Waals surface area (Å²) in [5.74, 6) is -1.38. The Morgan fingerprint density at radius 2 is 1.83 bits per heavy atom. The highest BCUT2D eigenvalue weighted by Gasteiger charge is 2.54. The largest absolute Gasteiger partial charge is 0.481 e. The van der Waals surface area contributed by atoms with Gasteiger partial charge in [-0.25, -0.2) is 0 Å². The number of hydrogen-bond donors (Lipinski definition) is 1. The zero-order chi connectivity index (χ0) is 21.7. The Labute approximate surface area is 182 Å². The molecule has 0 amide bonds. The molecule has 0 aromatic heterocycles. The van der Waals surface area contributed by atoms with Crippen molar-refractivity contribution in [3.05, 3.63) is 69.2 Å². The number of hydrogen-bond acceptors (Lipinski definition) is 2. The van der Waals surface area contributed by atoms with Crippen molar-refractivity contribution in [1.82, 2.24) is 4.90 Å². The number of halogens is 5. The van der Waals surface area contributed by atoms with Gasteiger partial charge in [0.05, 0.1) is 21.5 Å². The van der Waals surface area contributed by atoms with Crippen molar-refractivity contribution >= 4 is 29.2 Å². The number of nitrogens with zero attached hydrogens (tertiary/aromatic N) is 1. The summed E-state index contributed by atoms with van der Waals surface area (Å²) < 4.78 is 39.1. The number of rotatable bonds is 4. The minimum atomic E-state index is -4.41. The normalized spacial score (nSPS) is 26.7. The Balaban J connectivity index is 1.73. The third kappa shape index (κ3) is 3.81. The fraction of sp³-hybridized carbons (Fsp3) is 0.409. The van der Waals surface area contributed by atoms with E-state index in [1.54, 1.807) is 12.1 Å². The molecule has 2 fully saturated rings. The van der Waals surface area contributed by atoms with E-state index >= 15 is 0 Å². The third-order valence-corrected chi connectivity index (χ3v) is 7.20. The first kappa shape index (κ1) is 21.5. The number of piperidine rings is 1. The summed E-state index contributed by atoms with van der Waals surface area (Å²) >= 11 is 12.2. The molecule has 3 atom stereocenters. The van der Waals surface area contributed by atoms with E-state index in [9.17, 15) is 23.1 Å². The van der Waals surface area contributed by atoms with Crippen LogP contribution in [0.3, 0.4) is 0 Å². The third-order valence-electron chi connectivity index (χ3n) is 6.46. The molecule has 0 radical (unpaired) electrons. The Morgan fingerprint density at radius 3 is 2.43 bits per heavy atom. The van der Waals surface area contributed by atoms with Crippen LogP contribution in [0.25, 0.3) is 0 Å². The highest BCUT2D eigenvalue weighted by atomic mass is 35.5. The highest BCUT2D eigenvalue weighted by Crippen LogP contribution is 2.53. The van der Waals surface area contributed by atoms with Crippen molar-refractivity contribution < 1.29 is 23.1 Å². The molecule has 2 aromatic rings. The van der Waals surface area contributed by atoms with Crippen LogP contribution in [0.5, 0.6) is 0 Å². The first-order valence-corrected chi connectivity index (χ1v) is 10.5. The number of fused-ring (bicyclic) bond motifs is 2. The van der Waals surface area contributed by atoms with Gasteiger partial charge in [0, 0.05) is 18.1 Å². The summed E-state index contributed by atoms with van der Waals surface area (Å²) in [7, 11) is 0. The molecule has 30 heavy (non-hydrogen) atoms. The molecule has 2 saturated heterocycles. The number of carbonyl (C=O) groups is 1. The molecule has 8 heteroatoms. The van der Waals surface area contributed by atoms with Crippen molar-refractivity contribution in [2.75, 3.05) is 0 Å². The first-order valence-electron chi connectivity index (χ1n) is 9.71. The van der Waals surface area contributed by atoms with Gasteiger partial charge in [0.25, 0.3) is 0 Å². The molecule has 0 unspecified atom stereocenters. The fourth-order valence-corrected chi connectivity index (χ4v) is 5.36. The van der Waals surface area contributed by atoms with Gasteiger partial charge >= 0.3 is 12.1 Å². The van der Waals surface area contributed by atoms with Gasteiger partial charge in [-0.05, 0) is 61.1 Å². The predicted molar refractivity (Wildman–Crippen MR) is 109 cm³/mol. The quantitative estimate of drug-likeness (QED) is 0.579. The van der Waals surface area contributed by atoms with Gasteiger partial charge in [-0.2, -0.15) is 13.2 Å². The maximum absolute atomic E-state index is 13.0. The van der Waals surface area contributed by atoms with Crippen molar-refractivity contribution in [1.29, 1.82) is 0 Å². The van der Waals surface area contributed by atoms with Crippen LogP contribution in [0, 0.1) is 5.92 Å². The van der Waals surface area contributed by atoms with E-state index in [1.807, 2.05) is 6.07 Å². The SMILES string of the molecule is O=C(O)[C@@H]1C[C@@H]2CC[C@@](c3ccc(C(F)(F)F)cc3)(C1)N2Cc1ccc(Cl)c(Cl)c1. The van der Waals surface area contributed by atoms with Crippen LogP contribution >= 0.6 is 23.2 Å². The van der Waals surface area contributed by atoms with Gasteiger partial charge in [-0.1, -0.05) is 41.4 Å². The predicted octanol–water partition coefficient (Wildman–Crippen LogP) is 6.37. The topological polar surface area (TPSA) is 40.5 Å². The lowest BCUT2D eigenvalue weighted by Gasteiger charge is -2.47. The van der Waals surface area contributed by atoms with Gasteiger partial charge in [-0.3, -0.25) is 9.69 Å². The molecule has 0 saturated carbocycles. The lowest BCUT2D eigenvalue weighted by molar-refractivity contribution is -0.146. The van der Waals surface area contributed by atoms with Crippen molar-refractivity contribution in [2.24, 2.45) is 5.92 Å². The first-order chi connectivity index (χ1) is 14.1. The Hall–Kier alpha value is -1.76. The van der Waals surface area contributed by atoms with Crippen molar-refractivity contribution in [3.63, 3.8) is 0 Å². The monoisotopic (exact) mass is 457 g/mol. The Morgan fingerprint density at radius 1 is 1.13 bits per heavy atom. The van der Waals surface area contributed by atoms with Gasteiger partial charge in [0.1, 0.15) is 0 Å². The van der Waals surface area contributed by atoms with E-state index in [2.05, 4.69) is 4.90 Å². The Kier molecular flexibility index (Phi) is 5.54. The molecule has 160 valence electrons. The molecule has 2 aliphatic heterocycles. The number of benzene rings is 2. The second kappa shape index (κ2) is 7.74. The summed E-state index contributed by atoms with van der Waals surface area (Å²) in [6.45, 7) is 0.523. The minimum Gasteiger partial charge on any atom is -0.481 e. The van der Waals surface area contributed by atoms with Crippen LogP contribution in [0.4, 0.5) is 13.2 Å². The molecule has 2 heterocycles. The zero-order valence-corrected chi connectivity index (χ0v) is 17.4. The molecule has 1 N–H and O–H groups in total. The second-order valence-electron chi connectivity index (χ2n) is 8.15. The van der Waals surface area contributed by atoms with Gasteiger partial charge in [0.15, 0.2) is 0 Å². The molecular formula is C22H20Cl2F3NO2. The maximum Gasteiger partial charge on any atom is 0.416 e. The summed E-state index contributed by atoms with van der Waals surface area (Å²) in [5, 5.41) is 10.5. The number of aliphatic carboxylic acids is 1. The Bertz CT molecular complexity index is 964. The maximum atomic E-state index is 13.0. The van der Waals surface area contributed by atoms with E-state index in [4.69, 9.17) is 23.2 Å². The summed E-state index contributed by atoms with van der Waals surface area (Å²) in [6.07, 6.45) is -2.02. The van der Waals surface area contributed by atoms with Crippen LogP contribution in [0.2, 0.25) is 10.0 Å². The van der Waals surface area contributed by atoms with Crippen LogP contribution in [-0.2, 0) is 23.1 Å². The van der Waals surface area contributed by atoms with Crippen LogP contribution < -0.4 is 0 Å². The van der Waals surface area contributed by atoms with Crippen molar-refractivity contribution in [2.45, 2.75) is 50.0 Å². The lowest BCUT2D eigenvalue weighted by Crippen LogP contribution is -2.51. The fourth-order valence-electron chi connectivity index (χ4n) is 5.04. The van der Waals surface area contributed by atoms with Crippen molar-refractivity contribution in [3.8, 4) is 0 Å². The van der Waals surface area contributed by atoms with Gasteiger partial charge in [-0.15, -0.1) is 0 Å². The molecule has 2 aliphatic rings. The van der Waals surface area contributed by atoms with E-state index < -0.39 is 29.2 Å². The highest BCUT2D eigenvalue weighted by molar-refractivity contribution is 6.42. The van der Waals surface area contributed by atoms with E-state index in [-0.39, 0.29) is 6.04 Å². The number of carboxylic acid groups (broad SMARTS) is 1. The molecule has 0 aliphatic carbocycles. The second-order valence-corrected chi connectivity index (χ2v) is 8.96. The number of carboxylic acids is 1. The van der Waals surface area contributed by atoms with Crippen LogP contribution in [-0.4, -0.2) is 22.0 Å². The molecule has 2 aromatic carbocycles. The van der Waals surface area contributed by atoms with E-state index in [0.29, 0.717) is 35.9 Å². The minimum absolute atomic E-state index is 0.0385. The molecule has 2 bridgehead atoms. The van der Waals surface area contributed by atoms with Crippen LogP contribution in [0.1, 0.15) is 42.4 Å². The van der Waals surface area contributed by atoms with Crippen LogP contribution in [0.15, 0.2) is 42.5 Å². The van der Waals surface area contributed by atoms with E-state index in [0.717, 1.165) is 29.7 Å². The lowest BCUT2D eigenvalue weighted by atomic mass is 9.76. The average molecular weight is 458 g/mol. The summed E-state index contributed by atoms with van der Waals surface area (Å²) in [6, 6.07) is 10.6. The number of alkyl halides is 3. The standard InChI is InChI=1S/C22H20Cl2F3NO2/c23-18-6-1-13(9-19(18)24)12-28-17-7-8-21(28,11-14(10-17)20(29)30)15-2-4-16(5-3-15)22(25,26)27/h1-6,9,14,17H,7-8,10-12H2,(H,29,30)/t14-,17+,21+/m1/s1. The summed E-state index contributed by atoms with van der Waals surface area (Å²) in [4.78, 5) is 14.0. The summed E-state index contributed by atoms with van der Waals surface area (Å²) in [5.41, 5.74) is 0.326. The van der Waals surface area contributed by atoms with E-state index in [1.165, 1.54) is 12.1 Å². The van der Waals surface area contributed by atoms with Gasteiger partial charge < -0.3 is 5.11 Å². The smallest absolute Gasteiger partial charge is 0.416 e. The molecule has 4 rings (SSSR count). The molecular weight excluding hydrogens is 438 g/mol. The molecule has 0 spiro atoms. The zero-order valence-electron chi connectivity index (χ0n) is 15.9. The van der Waals surface area contributed by atoms with Gasteiger partial charge in [0.2, 0.25) is 0 Å². The molecule has 3 nitrogen and oxygen atoms in total. The average Bonchev–Trinajstić information content (AvgIpc) is 2.89.